The summed E-state index contributed by atoms with van der Waals surface area (Å²) >= 11 is 1.99. The van der Waals surface area contributed by atoms with Gasteiger partial charge in [-0.1, -0.05) is 41.9 Å². The number of hydrogen-bond donors (Lipinski definition) is 1. The van der Waals surface area contributed by atoms with Crippen LogP contribution in [0.5, 0.6) is 0 Å². The van der Waals surface area contributed by atoms with Crippen LogP contribution in [0.3, 0.4) is 0 Å². The van der Waals surface area contributed by atoms with E-state index in [1.165, 1.54) is 0 Å². The van der Waals surface area contributed by atoms with Crippen molar-refractivity contribution in [2.24, 2.45) is 0 Å². The van der Waals surface area contributed by atoms with Gasteiger partial charge in [0, 0.05) is 5.69 Å². The van der Waals surface area contributed by atoms with Crippen molar-refractivity contribution in [2.45, 2.75) is 6.92 Å². The lowest BCUT2D eigenvalue weighted by Gasteiger charge is -2.04. The average Bonchev–Trinajstić information content (AvgIpc) is 2.84. The molecule has 3 aromatic rings. The molecule has 98 valence electrons. The van der Waals surface area contributed by atoms with Gasteiger partial charge in [0.25, 0.3) is 16.9 Å². The molecule has 1 N–H and O–H groups in total. The molecule has 5 nitrogen and oxygen atoms in total. The van der Waals surface area contributed by atoms with Gasteiger partial charge in [0.15, 0.2) is 0 Å². The van der Waals surface area contributed by atoms with Gasteiger partial charge in [-0.05, 0) is 35.1 Å². The lowest BCUT2D eigenvalue weighted by atomic mass is 10.1. The van der Waals surface area contributed by atoms with E-state index < -0.39 is 0 Å². The summed E-state index contributed by atoms with van der Waals surface area (Å²) in [6.45, 7) is 9.10. The fraction of sp³-hybridized carbons (Fsp3) is 0.0714. The molecule has 0 aliphatic carbocycles. The van der Waals surface area contributed by atoms with E-state index in [1.54, 1.807) is 4.52 Å². The van der Waals surface area contributed by atoms with Crippen molar-refractivity contribution in [1.82, 2.24) is 14.6 Å². The highest BCUT2D eigenvalue weighted by Crippen LogP contribution is 2.29. The van der Waals surface area contributed by atoms with Crippen molar-refractivity contribution >= 4 is 34.1 Å². The number of imidazole rings is 1. The van der Waals surface area contributed by atoms with Crippen LogP contribution in [0.4, 0.5) is 5.82 Å². The molecule has 0 spiro atoms. The summed E-state index contributed by atoms with van der Waals surface area (Å²) in [5.74, 6) is 0.228. The Hall–Kier alpha value is -2.14. The Labute approximate surface area is 128 Å². The van der Waals surface area contributed by atoms with Gasteiger partial charge < -0.3 is 4.85 Å². The number of hydrogen-bond acceptors (Lipinski definition) is 2. The maximum Gasteiger partial charge on any atom is 0.298 e. The summed E-state index contributed by atoms with van der Waals surface area (Å²) in [5.41, 5.74) is 2.32. The molecule has 0 bridgehead atoms. The molecule has 0 amide bonds. The van der Waals surface area contributed by atoms with Gasteiger partial charge in [-0.3, -0.25) is 9.89 Å². The molecule has 0 radical (unpaired) electrons. The second kappa shape index (κ2) is 4.76. The van der Waals surface area contributed by atoms with Gasteiger partial charge >= 0.3 is 0 Å². The maximum absolute atomic E-state index is 12.2. The number of aromatic nitrogens is 3. The van der Waals surface area contributed by atoms with Crippen molar-refractivity contribution in [2.75, 3.05) is 0 Å². The molecule has 20 heavy (non-hydrogen) atoms. The number of H-pyrrole nitrogens is 1. The Kier molecular flexibility index (Phi) is 3.06. The molecule has 0 aliphatic heterocycles. The second-order valence-corrected chi connectivity index (χ2v) is 5.38. The predicted molar refractivity (Wildman–Crippen MR) is 85.0 cm³/mol. The Morgan fingerprint density at radius 3 is 2.70 bits per heavy atom. The molecular formula is C14H9IN4O. The quantitative estimate of drug-likeness (QED) is 0.524. The normalized spacial score (nSPS) is 10.7. The van der Waals surface area contributed by atoms with Crippen LogP contribution < -0.4 is 5.43 Å². The molecule has 3 rings (SSSR count). The zero-order valence-corrected chi connectivity index (χ0v) is 12.7. The van der Waals surface area contributed by atoms with Gasteiger partial charge in [-0.15, -0.1) is 0 Å². The molecule has 2 aromatic heterocycles. The molecule has 0 unspecified atom stereocenters. The summed E-state index contributed by atoms with van der Waals surface area (Å²) < 4.78 is 2.19. The molecule has 2 heterocycles. The summed E-state index contributed by atoms with van der Waals surface area (Å²) in [5, 5.41) is 3.12. The van der Waals surface area contributed by atoms with Crippen molar-refractivity contribution in [3.05, 3.63) is 61.2 Å². The van der Waals surface area contributed by atoms with Crippen LogP contribution in [0.2, 0.25) is 0 Å². The Balaban J connectivity index is 2.49. The van der Waals surface area contributed by atoms with Crippen LogP contribution in [0.25, 0.3) is 21.7 Å². The van der Waals surface area contributed by atoms with Crippen LogP contribution in [-0.4, -0.2) is 14.6 Å². The summed E-state index contributed by atoms with van der Waals surface area (Å²) in [4.78, 5) is 19.9. The van der Waals surface area contributed by atoms with E-state index in [0.29, 0.717) is 9.26 Å². The van der Waals surface area contributed by atoms with E-state index in [1.807, 2.05) is 59.8 Å². The van der Waals surface area contributed by atoms with Crippen LogP contribution in [0, 0.1) is 17.1 Å². The highest BCUT2D eigenvalue weighted by Gasteiger charge is 2.20. The number of aryl methyl sites for hydroxylation is 1. The molecular weight excluding hydrogens is 367 g/mol. The largest absolute Gasteiger partial charge is 0.359 e. The van der Waals surface area contributed by atoms with E-state index in [0.717, 1.165) is 11.3 Å². The number of aromatic amines is 1. The van der Waals surface area contributed by atoms with E-state index in [2.05, 4.69) is 14.9 Å². The highest BCUT2D eigenvalue weighted by molar-refractivity contribution is 14.1. The van der Waals surface area contributed by atoms with Gasteiger partial charge in [0.1, 0.15) is 5.69 Å². The fourth-order valence-corrected chi connectivity index (χ4v) is 2.45. The lowest BCUT2D eigenvalue weighted by molar-refractivity contribution is 0.892. The number of halogens is 1. The van der Waals surface area contributed by atoms with Crippen molar-refractivity contribution in [3.8, 4) is 11.3 Å². The first-order valence-electron chi connectivity index (χ1n) is 5.87. The Morgan fingerprint density at radius 1 is 1.35 bits per heavy atom. The van der Waals surface area contributed by atoms with Crippen LogP contribution in [0.15, 0.2) is 35.1 Å². The molecule has 1 aromatic carbocycles. The smallest absolute Gasteiger partial charge is 0.298 e. The first kappa shape index (κ1) is 12.9. The zero-order valence-electron chi connectivity index (χ0n) is 10.5. The molecule has 0 atom stereocenters. The number of nitrogens with one attached hydrogen (secondary N) is 1. The van der Waals surface area contributed by atoms with E-state index in [4.69, 9.17) is 6.57 Å². The summed E-state index contributed by atoms with van der Waals surface area (Å²) in [7, 11) is 0. The fourth-order valence-electron chi connectivity index (χ4n) is 2.09. The maximum atomic E-state index is 12.2. The molecule has 6 heteroatoms. The number of rotatable bonds is 1. The first-order valence-corrected chi connectivity index (χ1v) is 6.95. The van der Waals surface area contributed by atoms with Gasteiger partial charge in [0.2, 0.25) is 0 Å². The monoisotopic (exact) mass is 376 g/mol. The Morgan fingerprint density at radius 2 is 2.05 bits per heavy atom. The van der Waals surface area contributed by atoms with Gasteiger partial charge in [-0.2, -0.15) is 0 Å². The topological polar surface area (TPSA) is 54.5 Å². The summed E-state index contributed by atoms with van der Waals surface area (Å²) in [6, 6.07) is 9.47. The van der Waals surface area contributed by atoms with Gasteiger partial charge in [-0.25, -0.2) is 4.52 Å². The van der Waals surface area contributed by atoms with E-state index in [9.17, 15) is 4.79 Å². The van der Waals surface area contributed by atoms with Crippen LogP contribution in [0.1, 0.15) is 5.69 Å². The first-order chi connectivity index (χ1) is 9.63. The average molecular weight is 376 g/mol. The third-order valence-electron chi connectivity index (χ3n) is 3.02. The Bertz CT molecular complexity index is 903. The standard InChI is InChI=1S/C14H9IN4O/c1-8-10(15)12(20)14-17-13(16-2)11(19(14)18-8)9-6-4-3-5-7-9/h3-7,18H,1H3. The minimum absolute atomic E-state index is 0.158. The third-order valence-corrected chi connectivity index (χ3v) is 4.32. The zero-order chi connectivity index (χ0) is 14.3. The SMILES string of the molecule is [C-]#[N+]c1nc2c(=O)c(I)c(C)[nH]n2c1-c1ccccc1. The summed E-state index contributed by atoms with van der Waals surface area (Å²) in [6.07, 6.45) is 0. The van der Waals surface area contributed by atoms with E-state index in [-0.39, 0.29) is 16.9 Å². The predicted octanol–water partition coefficient (Wildman–Crippen LogP) is 3.15. The third kappa shape index (κ3) is 1.82. The van der Waals surface area contributed by atoms with Crippen molar-refractivity contribution in [1.29, 1.82) is 0 Å². The molecule has 0 fully saturated rings. The van der Waals surface area contributed by atoms with Crippen molar-refractivity contribution in [3.63, 3.8) is 0 Å². The molecule has 0 saturated heterocycles. The minimum Gasteiger partial charge on any atom is -0.359 e. The van der Waals surface area contributed by atoms with E-state index >= 15 is 0 Å². The number of nitrogens with zero attached hydrogens (tertiary/aromatic N) is 3. The van der Waals surface area contributed by atoms with Crippen molar-refractivity contribution < 1.29 is 0 Å². The highest BCUT2D eigenvalue weighted by atomic mass is 127. The van der Waals surface area contributed by atoms with Crippen LogP contribution in [-0.2, 0) is 0 Å². The molecule has 0 aliphatic rings. The number of benzene rings is 1. The lowest BCUT2D eigenvalue weighted by Crippen LogP contribution is -2.14. The number of fused-ring (bicyclic) bond motifs is 1. The molecule has 0 saturated carbocycles. The van der Waals surface area contributed by atoms with Gasteiger partial charge in [0.05, 0.1) is 3.57 Å². The minimum atomic E-state index is -0.158. The second-order valence-electron chi connectivity index (χ2n) is 4.30. The van der Waals surface area contributed by atoms with Crippen LogP contribution >= 0.6 is 22.6 Å².